The van der Waals surface area contributed by atoms with Crippen LogP contribution in [0.1, 0.15) is 25.3 Å². The second kappa shape index (κ2) is 4.99. The lowest BCUT2D eigenvalue weighted by molar-refractivity contribution is 0.0000215. The highest BCUT2D eigenvalue weighted by molar-refractivity contribution is 5.93. The van der Waals surface area contributed by atoms with Crippen molar-refractivity contribution in [2.24, 2.45) is 0 Å². The van der Waals surface area contributed by atoms with Crippen LogP contribution in [0.3, 0.4) is 0 Å². The third kappa shape index (κ3) is 2.20. The molecule has 2 amide bonds. The molecule has 114 valence electrons. The lowest BCUT2D eigenvalue weighted by atomic mass is 10.0. The minimum absolute atomic E-state index is 0.0427. The minimum atomic E-state index is -0.160. The number of aliphatic hydroxyl groups excluding tert-OH is 1. The van der Waals surface area contributed by atoms with E-state index in [1.54, 1.807) is 11.1 Å². The van der Waals surface area contributed by atoms with Crippen molar-refractivity contribution in [1.82, 2.24) is 20.0 Å². The van der Waals surface area contributed by atoms with Crippen LogP contribution in [0.2, 0.25) is 0 Å². The van der Waals surface area contributed by atoms with Gasteiger partial charge in [-0.25, -0.2) is 4.79 Å². The van der Waals surface area contributed by atoms with Crippen LogP contribution in [-0.2, 0) is 0 Å². The number of hydrogen-bond acceptors (Lipinski definition) is 4. The first-order valence-electron chi connectivity index (χ1n) is 7.74. The fraction of sp³-hybridized carbons (Fsp3) is 0.714. The van der Waals surface area contributed by atoms with Crippen LogP contribution in [0.5, 0.6) is 0 Å². The zero-order valence-corrected chi connectivity index (χ0v) is 12.0. The molecule has 2 atom stereocenters. The Kier molecular flexibility index (Phi) is 3.11. The zero-order valence-electron chi connectivity index (χ0n) is 12.0. The number of rotatable bonds is 3. The highest BCUT2D eigenvalue weighted by atomic mass is 16.3. The normalized spacial score (nSPS) is 30.7. The Morgan fingerprint density at radius 1 is 1.33 bits per heavy atom. The largest absolute Gasteiger partial charge is 0.391 e. The lowest BCUT2D eigenvalue weighted by Gasteiger charge is -2.44. The van der Waals surface area contributed by atoms with Gasteiger partial charge in [-0.2, -0.15) is 5.10 Å². The van der Waals surface area contributed by atoms with E-state index in [1.165, 1.54) is 0 Å². The molecule has 4 rings (SSSR count). The Balaban J connectivity index is 1.38. The summed E-state index contributed by atoms with van der Waals surface area (Å²) in [7, 11) is 0. The molecule has 7 nitrogen and oxygen atoms in total. The standard InChI is InChI=1S/C14H21N5O2/c20-13-3-1-2-12(13)17-7-11(8-17)19-9-10(6-16-19)18-5-4-15-14(18)21/h6,9,11-13,20H,1-5,7-8H2,(H,15,21). The van der Waals surface area contributed by atoms with Gasteiger partial charge in [-0.15, -0.1) is 0 Å². The SMILES string of the molecule is O=C1NCCN1c1cnn(C2CN(C3CCCC3O)C2)c1. The van der Waals surface area contributed by atoms with Gasteiger partial charge in [-0.1, -0.05) is 0 Å². The van der Waals surface area contributed by atoms with E-state index in [0.717, 1.165) is 38.0 Å². The van der Waals surface area contributed by atoms with Crippen LogP contribution in [0.4, 0.5) is 10.5 Å². The van der Waals surface area contributed by atoms with E-state index in [2.05, 4.69) is 15.3 Å². The molecule has 2 unspecified atom stereocenters. The third-order valence-corrected chi connectivity index (χ3v) is 4.93. The van der Waals surface area contributed by atoms with E-state index in [1.807, 2.05) is 10.9 Å². The highest BCUT2D eigenvalue weighted by Crippen LogP contribution is 2.32. The summed E-state index contributed by atoms with van der Waals surface area (Å²) in [6.07, 6.45) is 6.72. The van der Waals surface area contributed by atoms with E-state index in [0.29, 0.717) is 25.2 Å². The number of nitrogens with zero attached hydrogens (tertiary/aromatic N) is 4. The second-order valence-corrected chi connectivity index (χ2v) is 6.24. The van der Waals surface area contributed by atoms with Gasteiger partial charge in [0.15, 0.2) is 0 Å². The van der Waals surface area contributed by atoms with Crippen LogP contribution in [-0.4, -0.2) is 64.1 Å². The topological polar surface area (TPSA) is 73.6 Å². The predicted octanol–water partition coefficient (Wildman–Crippen LogP) is 0.183. The second-order valence-electron chi connectivity index (χ2n) is 6.24. The summed E-state index contributed by atoms with van der Waals surface area (Å²) in [6, 6.07) is 0.650. The van der Waals surface area contributed by atoms with Crippen molar-refractivity contribution in [3.63, 3.8) is 0 Å². The summed E-state index contributed by atoms with van der Waals surface area (Å²) in [4.78, 5) is 15.7. The molecule has 0 radical (unpaired) electrons. The summed E-state index contributed by atoms with van der Waals surface area (Å²) in [5, 5.41) is 17.1. The van der Waals surface area contributed by atoms with Crippen LogP contribution in [0.15, 0.2) is 12.4 Å². The number of aromatic nitrogens is 2. The monoisotopic (exact) mass is 291 g/mol. The molecule has 0 spiro atoms. The van der Waals surface area contributed by atoms with Crippen molar-refractivity contribution in [2.45, 2.75) is 37.5 Å². The Morgan fingerprint density at radius 3 is 2.86 bits per heavy atom. The van der Waals surface area contributed by atoms with Crippen LogP contribution in [0.25, 0.3) is 0 Å². The molecule has 2 aliphatic heterocycles. The fourth-order valence-electron chi connectivity index (χ4n) is 3.66. The minimum Gasteiger partial charge on any atom is -0.391 e. The van der Waals surface area contributed by atoms with Gasteiger partial charge >= 0.3 is 6.03 Å². The number of likely N-dealkylation sites (tertiary alicyclic amines) is 1. The Hall–Kier alpha value is -1.60. The van der Waals surface area contributed by atoms with Gasteiger partial charge in [-0.3, -0.25) is 14.5 Å². The molecule has 1 aromatic heterocycles. The van der Waals surface area contributed by atoms with Crippen molar-refractivity contribution >= 4 is 11.7 Å². The van der Waals surface area contributed by atoms with E-state index in [9.17, 15) is 9.90 Å². The van der Waals surface area contributed by atoms with Crippen LogP contribution < -0.4 is 10.2 Å². The molecule has 0 aromatic carbocycles. The number of hydrogen-bond donors (Lipinski definition) is 2. The van der Waals surface area contributed by atoms with Gasteiger partial charge in [-0.05, 0) is 19.3 Å². The molecule has 2 saturated heterocycles. The van der Waals surface area contributed by atoms with Gasteiger partial charge in [0.25, 0.3) is 0 Å². The molecular weight excluding hydrogens is 270 g/mol. The zero-order chi connectivity index (χ0) is 14.4. The highest BCUT2D eigenvalue weighted by Gasteiger charge is 2.39. The summed E-state index contributed by atoms with van der Waals surface area (Å²) >= 11 is 0. The first-order valence-corrected chi connectivity index (χ1v) is 7.74. The summed E-state index contributed by atoms with van der Waals surface area (Å²) in [5.74, 6) is 0. The van der Waals surface area contributed by atoms with Crippen molar-refractivity contribution in [2.75, 3.05) is 31.1 Å². The molecule has 21 heavy (non-hydrogen) atoms. The molecule has 3 fully saturated rings. The smallest absolute Gasteiger partial charge is 0.322 e. The number of anilines is 1. The van der Waals surface area contributed by atoms with Gasteiger partial charge < -0.3 is 10.4 Å². The maximum atomic E-state index is 11.6. The van der Waals surface area contributed by atoms with Crippen LogP contribution >= 0.6 is 0 Å². The average molecular weight is 291 g/mol. The first kappa shape index (κ1) is 13.1. The number of aliphatic hydroxyl groups is 1. The number of urea groups is 1. The average Bonchev–Trinajstić information content (AvgIpc) is 3.10. The summed E-state index contributed by atoms with van der Waals surface area (Å²) < 4.78 is 1.96. The van der Waals surface area contributed by atoms with Crippen molar-refractivity contribution in [3.8, 4) is 0 Å². The van der Waals surface area contributed by atoms with Gasteiger partial charge in [0.05, 0.1) is 24.0 Å². The molecule has 7 heteroatoms. The van der Waals surface area contributed by atoms with E-state index in [-0.39, 0.29) is 12.1 Å². The summed E-state index contributed by atoms with van der Waals surface area (Å²) in [5.41, 5.74) is 0.865. The Bertz CT molecular complexity index is 539. The van der Waals surface area contributed by atoms with Gasteiger partial charge in [0.2, 0.25) is 0 Å². The molecule has 0 bridgehead atoms. The molecule has 1 aliphatic carbocycles. The molecule has 3 aliphatic rings. The number of nitrogens with one attached hydrogen (secondary N) is 1. The van der Waals surface area contributed by atoms with Crippen molar-refractivity contribution in [3.05, 3.63) is 12.4 Å². The van der Waals surface area contributed by atoms with Gasteiger partial charge in [0.1, 0.15) is 0 Å². The maximum Gasteiger partial charge on any atom is 0.322 e. The molecule has 1 saturated carbocycles. The Labute approximate surface area is 123 Å². The first-order chi connectivity index (χ1) is 10.2. The number of carbonyl (C=O) groups is 1. The van der Waals surface area contributed by atoms with Crippen molar-refractivity contribution in [1.29, 1.82) is 0 Å². The third-order valence-electron chi connectivity index (χ3n) is 4.93. The fourth-order valence-corrected chi connectivity index (χ4v) is 3.66. The van der Waals surface area contributed by atoms with E-state index >= 15 is 0 Å². The summed E-state index contributed by atoms with van der Waals surface area (Å²) in [6.45, 7) is 3.28. The van der Waals surface area contributed by atoms with Crippen molar-refractivity contribution < 1.29 is 9.90 Å². The molecule has 3 heterocycles. The maximum absolute atomic E-state index is 11.6. The van der Waals surface area contributed by atoms with Crippen LogP contribution in [0, 0.1) is 0 Å². The number of amides is 2. The molecular formula is C14H21N5O2. The lowest BCUT2D eigenvalue weighted by Crippen LogP contribution is -2.55. The Morgan fingerprint density at radius 2 is 2.19 bits per heavy atom. The predicted molar refractivity (Wildman–Crippen MR) is 77.2 cm³/mol. The number of carbonyl (C=O) groups excluding carboxylic acids is 1. The van der Waals surface area contributed by atoms with E-state index < -0.39 is 0 Å². The molecule has 1 aromatic rings. The van der Waals surface area contributed by atoms with Gasteiger partial charge in [0, 0.05) is 38.4 Å². The quantitative estimate of drug-likeness (QED) is 0.833. The van der Waals surface area contributed by atoms with E-state index in [4.69, 9.17) is 0 Å². The molecule has 2 N–H and O–H groups in total.